The number of carbonyl (C=O) groups excluding carboxylic acids is 2. The molecule has 0 bridgehead atoms. The maximum Gasteiger partial charge on any atom is 0.245 e. The third-order valence-electron chi connectivity index (χ3n) is 5.68. The number of benzene rings is 1. The largest absolute Gasteiger partial charge is 0.469 e. The predicted molar refractivity (Wildman–Crippen MR) is 105 cm³/mol. The number of ether oxygens (including phenoxy) is 1. The first-order valence-electron chi connectivity index (χ1n) is 8.96. The van der Waals surface area contributed by atoms with Gasteiger partial charge in [0.2, 0.25) is 11.8 Å². The summed E-state index contributed by atoms with van der Waals surface area (Å²) in [7, 11) is 0. The van der Waals surface area contributed by atoms with Crippen LogP contribution in [0.25, 0.3) is 0 Å². The number of furan rings is 1. The predicted octanol–water partition coefficient (Wildman–Crippen LogP) is 3.36. The third kappa shape index (κ3) is 2.28. The summed E-state index contributed by atoms with van der Waals surface area (Å²) < 4.78 is 11.9. The molecule has 1 aromatic heterocycles. The Balaban J connectivity index is 1.77. The van der Waals surface area contributed by atoms with Crippen molar-refractivity contribution in [3.63, 3.8) is 0 Å². The number of halogens is 1. The second-order valence-electron chi connectivity index (χ2n) is 7.19. The van der Waals surface area contributed by atoms with Crippen molar-refractivity contribution >= 4 is 33.3 Å². The second-order valence-corrected chi connectivity index (χ2v) is 8.10. The lowest BCUT2D eigenvalue weighted by atomic mass is 9.64. The van der Waals surface area contributed by atoms with Crippen LogP contribution >= 0.6 is 15.9 Å². The highest BCUT2D eigenvalue weighted by Gasteiger charge is 2.60. The molecule has 1 aromatic carbocycles. The number of nitrogens with two attached hydrogens (primary N) is 1. The fourth-order valence-corrected chi connectivity index (χ4v) is 4.88. The van der Waals surface area contributed by atoms with Crippen LogP contribution in [0.2, 0.25) is 0 Å². The number of anilines is 1. The number of nitrogens with one attached hydrogen (secondary N) is 1. The van der Waals surface area contributed by atoms with E-state index >= 15 is 0 Å². The Kier molecular flexibility index (Phi) is 3.73. The van der Waals surface area contributed by atoms with Crippen molar-refractivity contribution in [1.29, 1.82) is 5.26 Å². The summed E-state index contributed by atoms with van der Waals surface area (Å²) in [6, 6.07) is 10.8. The van der Waals surface area contributed by atoms with Gasteiger partial charge in [0.25, 0.3) is 0 Å². The van der Waals surface area contributed by atoms with Crippen molar-refractivity contribution in [2.75, 3.05) is 5.32 Å². The maximum absolute atomic E-state index is 13.4. The minimum atomic E-state index is -1.61. The van der Waals surface area contributed by atoms with Crippen LogP contribution in [0.3, 0.4) is 0 Å². The van der Waals surface area contributed by atoms with E-state index in [2.05, 4.69) is 21.2 Å². The quantitative estimate of drug-likeness (QED) is 0.685. The molecule has 0 fully saturated rings. The highest BCUT2D eigenvalue weighted by atomic mass is 79.9. The molecule has 0 saturated carbocycles. The first-order valence-corrected chi connectivity index (χ1v) is 9.76. The minimum Gasteiger partial charge on any atom is -0.469 e. The first-order chi connectivity index (χ1) is 14.0. The van der Waals surface area contributed by atoms with Crippen molar-refractivity contribution in [3.8, 4) is 6.07 Å². The lowest BCUT2D eigenvalue weighted by Gasteiger charge is -2.38. The van der Waals surface area contributed by atoms with Crippen LogP contribution in [0, 0.1) is 11.3 Å². The Hall–Kier alpha value is -3.31. The van der Waals surface area contributed by atoms with E-state index in [9.17, 15) is 14.9 Å². The SMILES string of the molecule is N#CC1=C(N)OC2=C(C(=O)C[C@@H](c3ccco3)C2)[C@]12C(=O)Nc1ccc(Br)cc12. The standard InChI is InChI=1S/C21H14BrN3O4/c22-11-3-4-14-12(8-11)21(20(27)25-14)13(9-23)19(24)29-17-7-10(6-15(26)18(17)21)16-2-1-5-28-16/h1-5,8,10H,6-7,24H2,(H,25,27)/t10-,21-/m1/s1. The number of hydrogen-bond acceptors (Lipinski definition) is 6. The molecular formula is C21H14BrN3O4. The van der Waals surface area contributed by atoms with E-state index in [4.69, 9.17) is 14.9 Å². The van der Waals surface area contributed by atoms with Gasteiger partial charge in [0.05, 0.1) is 11.8 Å². The van der Waals surface area contributed by atoms with Gasteiger partial charge in [0.15, 0.2) is 5.78 Å². The third-order valence-corrected chi connectivity index (χ3v) is 6.18. The molecule has 3 N–H and O–H groups in total. The number of rotatable bonds is 1. The van der Waals surface area contributed by atoms with Crippen molar-refractivity contribution < 1.29 is 18.7 Å². The van der Waals surface area contributed by atoms with Crippen LogP contribution in [0.15, 0.2) is 68.3 Å². The Labute approximate surface area is 173 Å². The number of amides is 1. The van der Waals surface area contributed by atoms with Gasteiger partial charge in [0.1, 0.15) is 28.6 Å². The molecule has 5 rings (SSSR count). The summed E-state index contributed by atoms with van der Waals surface area (Å²) in [4.78, 5) is 26.7. The zero-order chi connectivity index (χ0) is 20.3. The van der Waals surface area contributed by atoms with Crippen LogP contribution in [0.5, 0.6) is 0 Å². The molecule has 2 atom stereocenters. The van der Waals surface area contributed by atoms with Crippen molar-refractivity contribution in [3.05, 3.63) is 75.2 Å². The molecule has 0 unspecified atom stereocenters. The average Bonchev–Trinajstić information content (AvgIpc) is 3.30. The summed E-state index contributed by atoms with van der Waals surface area (Å²) in [6.45, 7) is 0. The molecule has 29 heavy (non-hydrogen) atoms. The molecule has 1 amide bonds. The van der Waals surface area contributed by atoms with Crippen molar-refractivity contribution in [2.45, 2.75) is 24.2 Å². The molecule has 3 heterocycles. The van der Waals surface area contributed by atoms with Crippen molar-refractivity contribution in [2.24, 2.45) is 5.73 Å². The maximum atomic E-state index is 13.4. The Bertz CT molecular complexity index is 1190. The van der Waals surface area contributed by atoms with Gasteiger partial charge in [-0.1, -0.05) is 15.9 Å². The van der Waals surface area contributed by atoms with Gasteiger partial charge in [-0.15, -0.1) is 0 Å². The molecule has 8 heteroatoms. The van der Waals surface area contributed by atoms with Crippen molar-refractivity contribution in [1.82, 2.24) is 0 Å². The van der Waals surface area contributed by atoms with E-state index in [1.807, 2.05) is 6.07 Å². The molecule has 0 radical (unpaired) electrons. The number of nitriles is 1. The molecule has 1 spiro atoms. The zero-order valence-electron chi connectivity index (χ0n) is 15.0. The summed E-state index contributed by atoms with van der Waals surface area (Å²) in [5, 5.41) is 12.7. The van der Waals surface area contributed by atoms with Gasteiger partial charge < -0.3 is 20.2 Å². The van der Waals surface area contributed by atoms with E-state index in [-0.39, 0.29) is 35.2 Å². The summed E-state index contributed by atoms with van der Waals surface area (Å²) in [6.07, 6.45) is 2.03. The van der Waals surface area contributed by atoms with Gasteiger partial charge in [-0.05, 0) is 30.3 Å². The summed E-state index contributed by atoms with van der Waals surface area (Å²) >= 11 is 3.42. The molecule has 1 aliphatic carbocycles. The molecule has 7 nitrogen and oxygen atoms in total. The van der Waals surface area contributed by atoms with E-state index in [1.165, 1.54) is 0 Å². The van der Waals surface area contributed by atoms with Gasteiger partial charge in [0, 0.05) is 34.5 Å². The molecule has 144 valence electrons. The van der Waals surface area contributed by atoms with Crippen LogP contribution in [0.4, 0.5) is 5.69 Å². The smallest absolute Gasteiger partial charge is 0.245 e. The number of carbonyl (C=O) groups is 2. The Morgan fingerprint density at radius 1 is 1.28 bits per heavy atom. The van der Waals surface area contributed by atoms with E-state index in [0.29, 0.717) is 33.7 Å². The van der Waals surface area contributed by atoms with Crippen LogP contribution < -0.4 is 11.1 Å². The first kappa shape index (κ1) is 17.8. The fourth-order valence-electron chi connectivity index (χ4n) is 4.52. The zero-order valence-corrected chi connectivity index (χ0v) is 16.6. The van der Waals surface area contributed by atoms with E-state index in [1.54, 1.807) is 36.6 Å². The average molecular weight is 452 g/mol. The normalized spacial score (nSPS) is 25.4. The van der Waals surface area contributed by atoms with E-state index < -0.39 is 11.3 Å². The minimum absolute atomic E-state index is 0.0737. The van der Waals surface area contributed by atoms with Gasteiger partial charge >= 0.3 is 0 Å². The molecule has 2 aliphatic heterocycles. The Morgan fingerprint density at radius 2 is 2.10 bits per heavy atom. The lowest BCUT2D eigenvalue weighted by Crippen LogP contribution is -2.47. The van der Waals surface area contributed by atoms with Crippen LogP contribution in [-0.4, -0.2) is 11.7 Å². The van der Waals surface area contributed by atoms with Gasteiger partial charge in [-0.25, -0.2) is 0 Å². The topological polar surface area (TPSA) is 118 Å². The number of ketones is 1. The summed E-state index contributed by atoms with van der Waals surface area (Å²) in [5.41, 5.74) is 5.63. The number of fused-ring (bicyclic) bond motifs is 3. The number of Topliss-reactive ketones (excluding diaryl/α,β-unsaturated/α-hetero) is 1. The fraction of sp³-hybridized carbons (Fsp3) is 0.190. The van der Waals surface area contributed by atoms with Crippen LogP contribution in [0.1, 0.15) is 30.1 Å². The lowest BCUT2D eigenvalue weighted by molar-refractivity contribution is -0.123. The number of hydrogen-bond donors (Lipinski definition) is 2. The highest BCUT2D eigenvalue weighted by Crippen LogP contribution is 2.55. The molecule has 0 saturated heterocycles. The highest BCUT2D eigenvalue weighted by molar-refractivity contribution is 9.10. The van der Waals surface area contributed by atoms with E-state index in [0.717, 1.165) is 0 Å². The Morgan fingerprint density at radius 3 is 2.83 bits per heavy atom. The number of allylic oxidation sites excluding steroid dienone is 1. The second kappa shape index (κ2) is 6.09. The van der Waals surface area contributed by atoms with Gasteiger partial charge in [-0.2, -0.15) is 5.26 Å². The monoisotopic (exact) mass is 451 g/mol. The molecular weight excluding hydrogens is 438 g/mol. The summed E-state index contributed by atoms with van der Waals surface area (Å²) in [5.74, 6) is -0.169. The van der Waals surface area contributed by atoms with Crippen LogP contribution in [-0.2, 0) is 19.7 Å². The molecule has 3 aliphatic rings. The number of nitrogens with zero attached hydrogens (tertiary/aromatic N) is 1. The molecule has 2 aromatic rings. The van der Waals surface area contributed by atoms with Gasteiger partial charge in [-0.3, -0.25) is 9.59 Å².